The summed E-state index contributed by atoms with van der Waals surface area (Å²) in [5, 5.41) is 5.31. The van der Waals surface area contributed by atoms with Crippen molar-refractivity contribution in [2.24, 2.45) is 0 Å². The fourth-order valence-corrected chi connectivity index (χ4v) is 12.0. The lowest BCUT2D eigenvalue weighted by Crippen LogP contribution is -2.74. The summed E-state index contributed by atoms with van der Waals surface area (Å²) in [6, 6.07) is 36.4. The van der Waals surface area contributed by atoms with Gasteiger partial charge < -0.3 is 0 Å². The maximum atomic E-state index is 3.55. The van der Waals surface area contributed by atoms with Crippen molar-refractivity contribution in [3.05, 3.63) is 119 Å². The smallest absolute Gasteiger partial charge is 0.127 e. The maximum absolute atomic E-state index is 3.55. The zero-order valence-corrected chi connectivity index (χ0v) is 36.7. The molecule has 5 heteroatoms. The number of hydrogen-bond donors (Lipinski definition) is 0. The summed E-state index contributed by atoms with van der Waals surface area (Å²) < 4.78 is 0. The van der Waals surface area contributed by atoms with Crippen molar-refractivity contribution in [1.82, 2.24) is 0 Å². The zero-order valence-electron chi connectivity index (χ0n) is 31.7. The lowest BCUT2D eigenvalue weighted by molar-refractivity contribution is 1.61. The molecular weight excluding hydrogens is 669 g/mol. The van der Waals surface area contributed by atoms with Crippen molar-refractivity contribution in [3.8, 4) is 45.9 Å². The van der Waals surface area contributed by atoms with Crippen LogP contribution < -0.4 is 20.7 Å². The van der Waals surface area contributed by atoms with Gasteiger partial charge in [0.2, 0.25) is 0 Å². The largest absolute Gasteiger partial charge is 0.179 e. The number of benzene rings is 4. The molecule has 0 spiro atoms. The first kappa shape index (κ1) is 38.0. The summed E-state index contributed by atoms with van der Waals surface area (Å²) >= 11 is 0. The Hall–Kier alpha value is -3.80. The second-order valence-corrected chi connectivity index (χ2v) is 39.9. The second-order valence-electron chi connectivity index (χ2n) is 17.1. The third kappa shape index (κ3) is 11.1. The minimum Gasteiger partial charge on any atom is -0.127 e. The average Bonchev–Trinajstić information content (AvgIpc) is 3.02. The molecule has 0 unspecified atom stereocenters. The number of rotatable bonds is 4. The molecule has 4 rings (SSSR count). The van der Waals surface area contributed by atoms with Crippen LogP contribution in [0, 0.1) is 45.9 Å². The van der Waals surface area contributed by atoms with Crippen LogP contribution in [0.1, 0.15) is 22.3 Å². The molecule has 0 aliphatic rings. The third-order valence-corrected chi connectivity index (χ3v) is 15.9. The first-order chi connectivity index (χ1) is 22.7. The van der Waals surface area contributed by atoms with Gasteiger partial charge in [0.1, 0.15) is 32.3 Å². The highest BCUT2D eigenvalue weighted by Gasteiger charge is 2.41. The molecule has 0 aliphatic carbocycles. The van der Waals surface area contributed by atoms with Gasteiger partial charge >= 0.3 is 0 Å². The van der Waals surface area contributed by atoms with Crippen molar-refractivity contribution < 1.29 is 0 Å². The van der Waals surface area contributed by atoms with E-state index in [1.54, 1.807) is 0 Å². The van der Waals surface area contributed by atoms with Crippen LogP contribution in [0.2, 0.25) is 78.6 Å². The van der Waals surface area contributed by atoms with E-state index >= 15 is 0 Å². The van der Waals surface area contributed by atoms with Crippen molar-refractivity contribution >= 4 is 61.1 Å². The standard InChI is InChI=1S/C44H52Si5/c1-45(2,3)33-29-37-13-21-41(22-14-37)49(42-23-15-38(16-24-42)30-34-46(4,5)6,43-25-17-39(18-26-43)31-35-47(7,8)9)44-27-19-40(20-28-44)32-36-48(10,11)12/h13-28H,1-12H3. The van der Waals surface area contributed by atoms with E-state index in [0.29, 0.717) is 0 Å². The van der Waals surface area contributed by atoms with E-state index in [-0.39, 0.29) is 0 Å². The summed E-state index contributed by atoms with van der Waals surface area (Å²) in [6.45, 7) is 27.5. The average molecular weight is 721 g/mol. The molecule has 0 radical (unpaired) electrons. The molecule has 0 atom stereocenters. The zero-order chi connectivity index (χ0) is 36.1. The van der Waals surface area contributed by atoms with E-state index < -0.39 is 40.4 Å². The van der Waals surface area contributed by atoms with Crippen LogP contribution in [0.15, 0.2) is 97.1 Å². The van der Waals surface area contributed by atoms with E-state index in [1.165, 1.54) is 20.7 Å². The fraction of sp³-hybridized carbons (Fsp3) is 0.273. The molecule has 0 N–H and O–H groups in total. The SMILES string of the molecule is C[Si](C)(C)C#Cc1ccc([Si](c2ccc(C#C[Si](C)(C)C)cc2)(c2ccc(C#C[Si](C)(C)C)cc2)c2ccc(C#C[Si](C)(C)C)cc2)cc1. The quantitative estimate of drug-likeness (QED) is 0.114. The van der Waals surface area contributed by atoms with Gasteiger partial charge in [-0.05, 0) is 69.3 Å². The van der Waals surface area contributed by atoms with Gasteiger partial charge in [-0.2, -0.15) is 0 Å². The van der Waals surface area contributed by atoms with Crippen LogP contribution in [0.25, 0.3) is 0 Å². The monoisotopic (exact) mass is 720 g/mol. The van der Waals surface area contributed by atoms with Crippen LogP contribution in [0.3, 0.4) is 0 Å². The van der Waals surface area contributed by atoms with Gasteiger partial charge in [0.25, 0.3) is 0 Å². The molecule has 0 saturated carbocycles. The molecular formula is C44H52Si5. The molecule has 0 nitrogen and oxygen atoms in total. The van der Waals surface area contributed by atoms with Gasteiger partial charge in [0.15, 0.2) is 8.07 Å². The van der Waals surface area contributed by atoms with E-state index in [9.17, 15) is 0 Å². The van der Waals surface area contributed by atoms with E-state index in [4.69, 9.17) is 0 Å². The minimum absolute atomic E-state index is 1.07. The lowest BCUT2D eigenvalue weighted by Gasteiger charge is -2.34. The molecule has 248 valence electrons. The van der Waals surface area contributed by atoms with E-state index in [0.717, 1.165) is 22.3 Å². The molecule has 0 amide bonds. The molecule has 0 aromatic heterocycles. The Morgan fingerprint density at radius 1 is 0.265 bits per heavy atom. The van der Waals surface area contributed by atoms with Gasteiger partial charge in [-0.1, -0.05) is 151 Å². The summed E-state index contributed by atoms with van der Waals surface area (Å²) in [6.07, 6.45) is 0. The molecule has 49 heavy (non-hydrogen) atoms. The molecule has 4 aromatic rings. The molecule has 4 aromatic carbocycles. The predicted molar refractivity (Wildman–Crippen MR) is 231 cm³/mol. The Bertz CT molecular complexity index is 1710. The summed E-state index contributed by atoms with van der Waals surface area (Å²) in [5.41, 5.74) is 18.5. The van der Waals surface area contributed by atoms with Crippen molar-refractivity contribution in [1.29, 1.82) is 0 Å². The van der Waals surface area contributed by atoms with Gasteiger partial charge in [-0.15, -0.1) is 22.2 Å². The Morgan fingerprint density at radius 3 is 0.571 bits per heavy atom. The summed E-state index contributed by atoms with van der Waals surface area (Å²) in [5.74, 6) is 13.9. The van der Waals surface area contributed by atoms with Crippen LogP contribution in [0.5, 0.6) is 0 Å². The topological polar surface area (TPSA) is 0 Å². The highest BCUT2D eigenvalue weighted by molar-refractivity contribution is 7.19. The van der Waals surface area contributed by atoms with Crippen LogP contribution in [-0.2, 0) is 0 Å². The molecule has 0 bridgehead atoms. The molecule has 0 saturated heterocycles. The highest BCUT2D eigenvalue weighted by atomic mass is 28.3. The lowest BCUT2D eigenvalue weighted by atomic mass is 10.2. The first-order valence-corrected chi connectivity index (χ1v) is 33.3. The fourth-order valence-electron chi connectivity index (χ4n) is 5.25. The minimum atomic E-state index is -2.79. The summed E-state index contributed by atoms with van der Waals surface area (Å²) in [4.78, 5) is 0. The molecule has 0 heterocycles. The second kappa shape index (κ2) is 15.0. The van der Waals surface area contributed by atoms with Gasteiger partial charge in [0, 0.05) is 22.3 Å². The van der Waals surface area contributed by atoms with Crippen LogP contribution >= 0.6 is 0 Å². The van der Waals surface area contributed by atoms with Crippen LogP contribution in [0.4, 0.5) is 0 Å². The van der Waals surface area contributed by atoms with E-state index in [1.807, 2.05) is 0 Å². The predicted octanol–water partition coefficient (Wildman–Crippen LogP) is 7.98. The molecule has 0 aliphatic heterocycles. The van der Waals surface area contributed by atoms with Crippen molar-refractivity contribution in [2.45, 2.75) is 78.6 Å². The number of hydrogen-bond acceptors (Lipinski definition) is 0. The third-order valence-electron chi connectivity index (χ3n) is 7.60. The Labute approximate surface area is 303 Å². The molecule has 0 fully saturated rings. The Kier molecular flexibility index (Phi) is 11.6. The van der Waals surface area contributed by atoms with Gasteiger partial charge in [-0.25, -0.2) is 0 Å². The highest BCUT2D eigenvalue weighted by Crippen LogP contribution is 2.14. The Balaban J connectivity index is 2.02. The van der Waals surface area contributed by atoms with E-state index in [2.05, 4.69) is 221 Å². The Morgan fingerprint density at radius 2 is 0.429 bits per heavy atom. The van der Waals surface area contributed by atoms with Crippen molar-refractivity contribution in [3.63, 3.8) is 0 Å². The van der Waals surface area contributed by atoms with Gasteiger partial charge in [0.05, 0.1) is 0 Å². The summed E-state index contributed by atoms with van der Waals surface area (Å²) in [7, 11) is -8.78. The van der Waals surface area contributed by atoms with Gasteiger partial charge in [-0.3, -0.25) is 0 Å². The normalized spacial score (nSPS) is 11.8. The maximum Gasteiger partial charge on any atom is 0.179 e. The van der Waals surface area contributed by atoms with Crippen LogP contribution in [-0.4, -0.2) is 40.4 Å². The van der Waals surface area contributed by atoms with Crippen molar-refractivity contribution in [2.75, 3.05) is 0 Å². The first-order valence-electron chi connectivity index (χ1n) is 17.3.